The van der Waals surface area contributed by atoms with Gasteiger partial charge in [-0.25, -0.2) is 13.1 Å². The number of benzene rings is 2. The summed E-state index contributed by atoms with van der Waals surface area (Å²) >= 11 is 0. The highest BCUT2D eigenvalue weighted by atomic mass is 32.2. The molecule has 0 saturated carbocycles. The molecule has 2 aromatic rings. The zero-order valence-corrected chi connectivity index (χ0v) is 15.1. The molecular weight excluding hydrogens is 356 g/mol. The van der Waals surface area contributed by atoms with E-state index in [0.29, 0.717) is 11.3 Å². The average Bonchev–Trinajstić information content (AvgIpc) is 2.60. The van der Waals surface area contributed by atoms with E-state index in [2.05, 4.69) is 10.0 Å². The summed E-state index contributed by atoms with van der Waals surface area (Å²) in [6.45, 7) is 3.86. The van der Waals surface area contributed by atoms with Gasteiger partial charge in [0.25, 0.3) is 5.69 Å². The molecule has 136 valence electrons. The summed E-state index contributed by atoms with van der Waals surface area (Å²) in [7, 11) is -3.65. The van der Waals surface area contributed by atoms with Gasteiger partial charge in [0.15, 0.2) is 0 Å². The average molecular weight is 374 g/mol. The van der Waals surface area contributed by atoms with Crippen molar-refractivity contribution in [2.45, 2.75) is 18.7 Å². The number of non-ortho nitro benzene ring substituents is 1. The predicted molar refractivity (Wildman–Crippen MR) is 97.4 cm³/mol. The van der Waals surface area contributed by atoms with E-state index in [1.165, 1.54) is 18.2 Å². The molecule has 2 N–H and O–H groups in total. The van der Waals surface area contributed by atoms with E-state index in [-0.39, 0.29) is 29.2 Å². The van der Waals surface area contributed by atoms with Crippen LogP contribution in [0.4, 0.5) is 11.4 Å². The first kappa shape index (κ1) is 19.4. The van der Waals surface area contributed by atoms with Gasteiger partial charge in [0.2, 0.25) is 10.0 Å². The van der Waals surface area contributed by atoms with Crippen LogP contribution in [0.1, 0.15) is 16.7 Å². The van der Waals surface area contributed by atoms with Crippen molar-refractivity contribution in [2.75, 3.05) is 18.4 Å². The molecule has 2 aromatic carbocycles. The van der Waals surface area contributed by atoms with Crippen molar-refractivity contribution in [1.29, 1.82) is 5.26 Å². The van der Waals surface area contributed by atoms with E-state index in [1.54, 1.807) is 19.1 Å². The molecule has 26 heavy (non-hydrogen) atoms. The van der Waals surface area contributed by atoms with E-state index in [9.17, 15) is 18.5 Å². The van der Waals surface area contributed by atoms with Gasteiger partial charge in [-0.2, -0.15) is 5.26 Å². The fourth-order valence-electron chi connectivity index (χ4n) is 2.35. The van der Waals surface area contributed by atoms with Crippen LogP contribution >= 0.6 is 0 Å². The predicted octanol–water partition coefficient (Wildman–Crippen LogP) is 2.47. The van der Waals surface area contributed by atoms with Crippen LogP contribution in [-0.2, 0) is 10.0 Å². The zero-order chi connectivity index (χ0) is 19.3. The second-order valence-corrected chi connectivity index (χ2v) is 7.43. The van der Waals surface area contributed by atoms with Gasteiger partial charge in [-0.15, -0.1) is 0 Å². The quantitative estimate of drug-likeness (QED) is 0.436. The van der Waals surface area contributed by atoms with Crippen molar-refractivity contribution in [1.82, 2.24) is 4.72 Å². The van der Waals surface area contributed by atoms with Crippen LogP contribution in [0.15, 0.2) is 41.3 Å². The second kappa shape index (κ2) is 7.95. The Morgan fingerprint density at radius 3 is 2.54 bits per heavy atom. The highest BCUT2D eigenvalue weighted by Gasteiger charge is 2.16. The van der Waals surface area contributed by atoms with Gasteiger partial charge in [0.05, 0.1) is 21.1 Å². The highest BCUT2D eigenvalue weighted by molar-refractivity contribution is 7.89. The van der Waals surface area contributed by atoms with Crippen LogP contribution in [0.5, 0.6) is 0 Å². The SMILES string of the molecule is Cc1ccc(C)c(S(=O)(=O)NCCNc2ccc([N+](=O)[O-])cc2C#N)c1. The summed E-state index contributed by atoms with van der Waals surface area (Å²) in [4.78, 5) is 10.4. The van der Waals surface area contributed by atoms with Crippen molar-refractivity contribution in [3.8, 4) is 6.07 Å². The van der Waals surface area contributed by atoms with Crippen molar-refractivity contribution in [3.05, 3.63) is 63.2 Å². The smallest absolute Gasteiger partial charge is 0.270 e. The third-order valence-electron chi connectivity index (χ3n) is 3.70. The van der Waals surface area contributed by atoms with E-state index < -0.39 is 14.9 Å². The first-order valence-corrected chi connectivity index (χ1v) is 9.22. The number of aryl methyl sites for hydroxylation is 2. The fraction of sp³-hybridized carbons (Fsp3) is 0.235. The third kappa shape index (κ3) is 4.56. The van der Waals surface area contributed by atoms with E-state index in [0.717, 1.165) is 5.56 Å². The lowest BCUT2D eigenvalue weighted by Crippen LogP contribution is -2.29. The minimum Gasteiger partial charge on any atom is -0.383 e. The van der Waals surface area contributed by atoms with Crippen LogP contribution in [0.3, 0.4) is 0 Å². The van der Waals surface area contributed by atoms with Gasteiger partial charge < -0.3 is 5.32 Å². The standard InChI is InChI=1S/C17H18N4O4S/c1-12-3-4-13(2)17(9-12)26(24,25)20-8-7-19-16-6-5-15(21(22)23)10-14(16)11-18/h3-6,9-10,19-20H,7-8H2,1-2H3. The molecule has 8 nitrogen and oxygen atoms in total. The summed E-state index contributed by atoms with van der Waals surface area (Å²) in [6, 6.07) is 11.0. The molecule has 0 amide bonds. The Morgan fingerprint density at radius 1 is 1.15 bits per heavy atom. The van der Waals surface area contributed by atoms with Gasteiger partial charge in [-0.05, 0) is 37.1 Å². The summed E-state index contributed by atoms with van der Waals surface area (Å²) in [5.41, 5.74) is 1.85. The molecule has 2 rings (SSSR count). The van der Waals surface area contributed by atoms with Gasteiger partial charge in [-0.3, -0.25) is 10.1 Å². The van der Waals surface area contributed by atoms with Gasteiger partial charge in [0, 0.05) is 25.2 Å². The normalized spacial score (nSPS) is 11.0. The molecule has 0 radical (unpaired) electrons. The molecule has 0 unspecified atom stereocenters. The van der Waals surface area contributed by atoms with Crippen LogP contribution in [0, 0.1) is 35.3 Å². The molecule has 0 atom stereocenters. The molecule has 0 aliphatic heterocycles. The number of sulfonamides is 1. The Morgan fingerprint density at radius 2 is 1.88 bits per heavy atom. The first-order chi connectivity index (χ1) is 12.2. The molecule has 0 heterocycles. The van der Waals surface area contributed by atoms with Gasteiger partial charge >= 0.3 is 0 Å². The van der Waals surface area contributed by atoms with E-state index in [4.69, 9.17) is 5.26 Å². The zero-order valence-electron chi connectivity index (χ0n) is 14.3. The van der Waals surface area contributed by atoms with Crippen LogP contribution in [0.25, 0.3) is 0 Å². The molecular formula is C17H18N4O4S. The number of nitro groups is 1. The third-order valence-corrected chi connectivity index (χ3v) is 5.30. The lowest BCUT2D eigenvalue weighted by molar-refractivity contribution is -0.384. The van der Waals surface area contributed by atoms with Crippen molar-refractivity contribution < 1.29 is 13.3 Å². The van der Waals surface area contributed by atoms with Crippen molar-refractivity contribution in [2.24, 2.45) is 0 Å². The summed E-state index contributed by atoms with van der Waals surface area (Å²) in [5, 5.41) is 22.7. The molecule has 0 aromatic heterocycles. The molecule has 0 aliphatic carbocycles. The Bertz CT molecular complexity index is 981. The number of nitrogens with zero attached hydrogens (tertiary/aromatic N) is 2. The summed E-state index contributed by atoms with van der Waals surface area (Å²) in [5.74, 6) is 0. The topological polar surface area (TPSA) is 125 Å². The Kier molecular flexibility index (Phi) is 5.92. The van der Waals surface area contributed by atoms with Crippen LogP contribution < -0.4 is 10.0 Å². The summed E-state index contributed by atoms with van der Waals surface area (Å²) < 4.78 is 27.3. The van der Waals surface area contributed by atoms with Gasteiger partial charge in [0.1, 0.15) is 6.07 Å². The maximum atomic E-state index is 12.4. The fourth-order valence-corrected chi connectivity index (χ4v) is 3.71. The van der Waals surface area contributed by atoms with E-state index in [1.807, 2.05) is 19.1 Å². The van der Waals surface area contributed by atoms with Crippen LogP contribution in [-0.4, -0.2) is 26.4 Å². The lowest BCUT2D eigenvalue weighted by atomic mass is 10.1. The minimum atomic E-state index is -3.65. The maximum absolute atomic E-state index is 12.4. The number of anilines is 1. The molecule has 0 spiro atoms. The van der Waals surface area contributed by atoms with Crippen molar-refractivity contribution >= 4 is 21.4 Å². The molecule has 0 aliphatic rings. The monoisotopic (exact) mass is 374 g/mol. The minimum absolute atomic E-state index is 0.0948. The molecule has 0 bridgehead atoms. The van der Waals surface area contributed by atoms with Crippen molar-refractivity contribution in [3.63, 3.8) is 0 Å². The van der Waals surface area contributed by atoms with Crippen LogP contribution in [0.2, 0.25) is 0 Å². The largest absolute Gasteiger partial charge is 0.383 e. The molecule has 9 heteroatoms. The first-order valence-electron chi connectivity index (χ1n) is 7.74. The number of rotatable bonds is 7. The lowest BCUT2D eigenvalue weighted by Gasteiger charge is -2.12. The number of nitriles is 1. The number of nitro benzene ring substituents is 1. The Hall–Kier alpha value is -2.96. The number of nitrogens with one attached hydrogen (secondary N) is 2. The maximum Gasteiger partial charge on any atom is 0.270 e. The Balaban J connectivity index is 2.02. The summed E-state index contributed by atoms with van der Waals surface area (Å²) in [6.07, 6.45) is 0. The molecule has 0 saturated heterocycles. The van der Waals surface area contributed by atoms with E-state index >= 15 is 0 Å². The number of hydrogen-bond acceptors (Lipinski definition) is 6. The number of hydrogen-bond donors (Lipinski definition) is 2. The van der Waals surface area contributed by atoms with Gasteiger partial charge in [-0.1, -0.05) is 12.1 Å². The molecule has 0 fully saturated rings. The Labute approximate surface area is 151 Å². The highest BCUT2D eigenvalue weighted by Crippen LogP contribution is 2.21. The second-order valence-electron chi connectivity index (χ2n) is 5.69.